The fourth-order valence-electron chi connectivity index (χ4n) is 2.42. The van der Waals surface area contributed by atoms with Crippen LogP contribution in [0.15, 0.2) is 18.2 Å². The van der Waals surface area contributed by atoms with Crippen LogP contribution in [0.5, 0.6) is 0 Å². The third kappa shape index (κ3) is 2.05. The smallest absolute Gasteiger partial charge is 0.239 e. The van der Waals surface area contributed by atoms with Crippen molar-refractivity contribution in [1.82, 2.24) is 4.90 Å². The first-order valence-corrected chi connectivity index (χ1v) is 5.85. The molecule has 1 aliphatic heterocycles. The molecule has 0 spiro atoms. The van der Waals surface area contributed by atoms with Crippen molar-refractivity contribution in [3.63, 3.8) is 0 Å². The summed E-state index contributed by atoms with van der Waals surface area (Å²) in [4.78, 5) is 13.6. The molecule has 2 atom stereocenters. The maximum atomic E-state index is 13.8. The van der Waals surface area contributed by atoms with Crippen molar-refractivity contribution in [2.45, 2.75) is 32.4 Å². The Hall–Kier alpha value is -1.42. The standard InChI is InChI=1S/C13H17FN2O/c1-8(15)13(17)16-7-6-10-4-3-5-11(14)12(10)9(16)2/h3-5,8-9H,6-7,15H2,1-2H3/t8-,9-/m1/s1. The molecule has 0 aliphatic carbocycles. The van der Waals surface area contributed by atoms with Crippen molar-refractivity contribution in [3.05, 3.63) is 35.1 Å². The molecule has 17 heavy (non-hydrogen) atoms. The molecule has 0 bridgehead atoms. The minimum absolute atomic E-state index is 0.119. The highest BCUT2D eigenvalue weighted by Crippen LogP contribution is 2.31. The van der Waals surface area contributed by atoms with Crippen LogP contribution in [0.3, 0.4) is 0 Å². The molecule has 92 valence electrons. The van der Waals surface area contributed by atoms with E-state index >= 15 is 0 Å². The highest BCUT2D eigenvalue weighted by atomic mass is 19.1. The molecule has 0 saturated heterocycles. The highest BCUT2D eigenvalue weighted by molar-refractivity contribution is 5.82. The Morgan fingerprint density at radius 1 is 1.59 bits per heavy atom. The van der Waals surface area contributed by atoms with Crippen LogP contribution in [-0.4, -0.2) is 23.4 Å². The van der Waals surface area contributed by atoms with Crippen LogP contribution in [0.1, 0.15) is 31.0 Å². The second-order valence-corrected chi connectivity index (χ2v) is 4.56. The van der Waals surface area contributed by atoms with Gasteiger partial charge < -0.3 is 10.6 Å². The van der Waals surface area contributed by atoms with Crippen molar-refractivity contribution in [2.75, 3.05) is 6.54 Å². The van der Waals surface area contributed by atoms with Gasteiger partial charge in [0.15, 0.2) is 0 Å². The van der Waals surface area contributed by atoms with E-state index in [0.717, 1.165) is 5.56 Å². The summed E-state index contributed by atoms with van der Waals surface area (Å²) < 4.78 is 13.8. The van der Waals surface area contributed by atoms with Crippen molar-refractivity contribution < 1.29 is 9.18 Å². The molecule has 3 nitrogen and oxygen atoms in total. The average Bonchev–Trinajstić information content (AvgIpc) is 2.28. The number of rotatable bonds is 1. The van der Waals surface area contributed by atoms with E-state index < -0.39 is 6.04 Å². The van der Waals surface area contributed by atoms with Crippen molar-refractivity contribution >= 4 is 5.91 Å². The van der Waals surface area contributed by atoms with Gasteiger partial charge in [0.25, 0.3) is 0 Å². The number of halogens is 1. The lowest BCUT2D eigenvalue weighted by molar-refractivity contribution is -0.134. The lowest BCUT2D eigenvalue weighted by Crippen LogP contribution is -2.46. The van der Waals surface area contributed by atoms with Gasteiger partial charge in [-0.2, -0.15) is 0 Å². The summed E-state index contributed by atoms with van der Waals surface area (Å²) >= 11 is 0. The van der Waals surface area contributed by atoms with Gasteiger partial charge in [0.2, 0.25) is 5.91 Å². The summed E-state index contributed by atoms with van der Waals surface area (Å²) in [5.41, 5.74) is 7.23. The zero-order chi connectivity index (χ0) is 12.6. The van der Waals surface area contributed by atoms with Gasteiger partial charge in [-0.25, -0.2) is 4.39 Å². The Bertz CT molecular complexity index is 445. The zero-order valence-corrected chi connectivity index (χ0v) is 10.1. The molecule has 2 N–H and O–H groups in total. The molecular formula is C13H17FN2O. The van der Waals surface area contributed by atoms with Gasteiger partial charge in [-0.3, -0.25) is 4.79 Å². The summed E-state index contributed by atoms with van der Waals surface area (Å²) in [6, 6.07) is 4.30. The number of benzene rings is 1. The highest BCUT2D eigenvalue weighted by Gasteiger charge is 2.30. The number of hydrogen-bond donors (Lipinski definition) is 1. The van der Waals surface area contributed by atoms with Gasteiger partial charge in [0.1, 0.15) is 5.82 Å². The molecule has 1 aliphatic rings. The topological polar surface area (TPSA) is 46.3 Å². The number of amides is 1. The predicted molar refractivity (Wildman–Crippen MR) is 63.9 cm³/mol. The Morgan fingerprint density at radius 2 is 2.29 bits per heavy atom. The number of fused-ring (bicyclic) bond motifs is 1. The molecule has 0 aromatic heterocycles. The fourth-order valence-corrected chi connectivity index (χ4v) is 2.42. The van der Waals surface area contributed by atoms with E-state index in [1.807, 2.05) is 13.0 Å². The number of nitrogens with two attached hydrogens (primary N) is 1. The lowest BCUT2D eigenvalue weighted by Gasteiger charge is -2.36. The van der Waals surface area contributed by atoms with Gasteiger partial charge in [0, 0.05) is 12.1 Å². The second kappa shape index (κ2) is 4.45. The predicted octanol–water partition coefficient (Wildman–Crippen LogP) is 1.62. The molecule has 1 heterocycles. The average molecular weight is 236 g/mol. The minimum Gasteiger partial charge on any atom is -0.334 e. The second-order valence-electron chi connectivity index (χ2n) is 4.56. The quantitative estimate of drug-likeness (QED) is 0.805. The molecule has 0 fully saturated rings. The van der Waals surface area contributed by atoms with Gasteiger partial charge in [0.05, 0.1) is 12.1 Å². The van der Waals surface area contributed by atoms with Crippen LogP contribution < -0.4 is 5.73 Å². The van der Waals surface area contributed by atoms with E-state index in [0.29, 0.717) is 18.5 Å². The summed E-state index contributed by atoms with van der Waals surface area (Å²) in [6.45, 7) is 4.12. The van der Waals surface area contributed by atoms with E-state index in [9.17, 15) is 9.18 Å². The summed E-state index contributed by atoms with van der Waals surface area (Å²) in [7, 11) is 0. The number of nitrogens with zero attached hydrogens (tertiary/aromatic N) is 1. The first-order chi connectivity index (χ1) is 8.02. The van der Waals surface area contributed by atoms with Crippen molar-refractivity contribution in [1.29, 1.82) is 0 Å². The molecule has 0 radical (unpaired) electrons. The Kier molecular flexibility index (Phi) is 3.15. The minimum atomic E-state index is -0.536. The van der Waals surface area contributed by atoms with Crippen LogP contribution in [-0.2, 0) is 11.2 Å². The molecular weight excluding hydrogens is 219 g/mol. The first-order valence-electron chi connectivity index (χ1n) is 5.85. The van der Waals surface area contributed by atoms with E-state index in [4.69, 9.17) is 5.73 Å². The maximum absolute atomic E-state index is 13.8. The summed E-state index contributed by atoms with van der Waals surface area (Å²) in [5.74, 6) is -0.358. The Labute approximate surface area is 100 Å². The van der Waals surface area contributed by atoms with Gasteiger partial charge >= 0.3 is 0 Å². The third-order valence-corrected chi connectivity index (χ3v) is 3.32. The monoisotopic (exact) mass is 236 g/mol. The van der Waals surface area contributed by atoms with Crippen LogP contribution in [0.4, 0.5) is 4.39 Å². The number of carbonyl (C=O) groups excluding carboxylic acids is 1. The Balaban J connectivity index is 2.36. The molecule has 1 amide bonds. The van der Waals surface area contributed by atoms with Crippen LogP contribution in [0.25, 0.3) is 0 Å². The van der Waals surface area contributed by atoms with E-state index in [2.05, 4.69) is 0 Å². The Morgan fingerprint density at radius 3 is 2.94 bits per heavy atom. The number of hydrogen-bond acceptors (Lipinski definition) is 2. The van der Waals surface area contributed by atoms with Gasteiger partial charge in [-0.15, -0.1) is 0 Å². The van der Waals surface area contributed by atoms with Crippen molar-refractivity contribution in [2.24, 2.45) is 5.73 Å². The zero-order valence-electron chi connectivity index (χ0n) is 10.1. The molecule has 0 saturated carbocycles. The van der Waals surface area contributed by atoms with E-state index in [1.165, 1.54) is 6.07 Å². The van der Waals surface area contributed by atoms with Gasteiger partial charge in [-0.1, -0.05) is 12.1 Å². The SMILES string of the molecule is C[C@@H]1c2c(F)cccc2CCN1C(=O)[C@@H](C)N. The normalized spacial score (nSPS) is 20.9. The molecule has 0 unspecified atom stereocenters. The van der Waals surface area contributed by atoms with Crippen LogP contribution in [0.2, 0.25) is 0 Å². The van der Waals surface area contributed by atoms with E-state index in [-0.39, 0.29) is 17.8 Å². The summed E-state index contributed by atoms with van der Waals surface area (Å²) in [5, 5.41) is 0. The lowest BCUT2D eigenvalue weighted by atomic mass is 9.92. The van der Waals surface area contributed by atoms with Crippen LogP contribution in [0, 0.1) is 5.82 Å². The molecule has 2 rings (SSSR count). The number of carbonyl (C=O) groups is 1. The van der Waals surface area contributed by atoms with E-state index in [1.54, 1.807) is 17.9 Å². The van der Waals surface area contributed by atoms with Gasteiger partial charge in [-0.05, 0) is 31.9 Å². The summed E-state index contributed by atoms with van der Waals surface area (Å²) in [6.07, 6.45) is 0.690. The maximum Gasteiger partial charge on any atom is 0.239 e. The van der Waals surface area contributed by atoms with Crippen LogP contribution >= 0.6 is 0 Å². The molecule has 1 aromatic carbocycles. The molecule has 4 heteroatoms. The molecule has 1 aromatic rings. The largest absolute Gasteiger partial charge is 0.334 e. The fraction of sp³-hybridized carbons (Fsp3) is 0.462. The first kappa shape index (κ1) is 12.0. The van der Waals surface area contributed by atoms with Crippen molar-refractivity contribution in [3.8, 4) is 0 Å². The third-order valence-electron chi connectivity index (χ3n) is 3.32.